The lowest BCUT2D eigenvalue weighted by molar-refractivity contribution is 0.354. The van der Waals surface area contributed by atoms with Crippen LogP contribution in [0.2, 0.25) is 0 Å². The Morgan fingerprint density at radius 2 is 1.65 bits per heavy atom. The third-order valence-electron chi connectivity index (χ3n) is 3.28. The predicted molar refractivity (Wildman–Crippen MR) is 97.6 cm³/mol. The van der Waals surface area contributed by atoms with E-state index < -0.39 is 10.0 Å². The molecule has 0 heterocycles. The lowest BCUT2D eigenvalue weighted by Crippen LogP contribution is -2.26. The third kappa shape index (κ3) is 4.82. The molecule has 0 bridgehead atoms. The summed E-state index contributed by atoms with van der Waals surface area (Å²) in [5.41, 5.74) is 0.966. The summed E-state index contributed by atoms with van der Waals surface area (Å²) in [6.45, 7) is 0.309. The number of ether oxygens (including phenoxy) is 2. The summed E-state index contributed by atoms with van der Waals surface area (Å²) in [5.74, 6) is 1.28. The van der Waals surface area contributed by atoms with Gasteiger partial charge in [0, 0.05) is 10.1 Å². The summed E-state index contributed by atoms with van der Waals surface area (Å²) in [5, 5.41) is 0. The molecule has 7 heteroatoms. The molecule has 0 aliphatic heterocycles. The van der Waals surface area contributed by atoms with E-state index in [0.29, 0.717) is 24.5 Å². The highest BCUT2D eigenvalue weighted by Crippen LogP contribution is 2.27. The minimum Gasteiger partial charge on any atom is -0.493 e. The highest BCUT2D eigenvalue weighted by atomic mass is 127. The highest BCUT2D eigenvalue weighted by Gasteiger charge is 2.13. The van der Waals surface area contributed by atoms with Gasteiger partial charge in [-0.05, 0) is 71.0 Å². The Balaban J connectivity index is 2.00. The molecule has 0 fully saturated rings. The van der Waals surface area contributed by atoms with Gasteiger partial charge in [0.2, 0.25) is 10.0 Å². The molecular formula is C16H18INO4S. The summed E-state index contributed by atoms with van der Waals surface area (Å²) in [6, 6.07) is 12.3. The van der Waals surface area contributed by atoms with Gasteiger partial charge in [0.25, 0.3) is 0 Å². The molecule has 0 radical (unpaired) electrons. The van der Waals surface area contributed by atoms with E-state index in [1.54, 1.807) is 38.5 Å². The van der Waals surface area contributed by atoms with Crippen LogP contribution < -0.4 is 14.2 Å². The van der Waals surface area contributed by atoms with Crippen molar-refractivity contribution in [3.63, 3.8) is 0 Å². The van der Waals surface area contributed by atoms with Gasteiger partial charge in [0.15, 0.2) is 11.5 Å². The Hall–Kier alpha value is -1.32. The van der Waals surface area contributed by atoms with Crippen LogP contribution in [0.4, 0.5) is 0 Å². The molecule has 5 nitrogen and oxygen atoms in total. The number of rotatable bonds is 7. The second kappa shape index (κ2) is 7.98. The zero-order valence-corrected chi connectivity index (χ0v) is 15.8. The van der Waals surface area contributed by atoms with E-state index in [9.17, 15) is 8.42 Å². The maximum atomic E-state index is 12.2. The van der Waals surface area contributed by atoms with Gasteiger partial charge in [-0.3, -0.25) is 0 Å². The summed E-state index contributed by atoms with van der Waals surface area (Å²) < 4.78 is 38.4. The average Bonchev–Trinajstić information content (AvgIpc) is 2.55. The monoisotopic (exact) mass is 447 g/mol. The molecule has 0 saturated heterocycles. The molecule has 0 aliphatic rings. The van der Waals surface area contributed by atoms with Gasteiger partial charge in [-0.15, -0.1) is 0 Å². The standard InChI is InChI=1S/C16H18INO4S/c1-21-15-8-3-12(11-16(15)22-2)9-10-18-23(19,20)14-6-4-13(17)5-7-14/h3-8,11,18H,9-10H2,1-2H3. The van der Waals surface area contributed by atoms with E-state index in [-0.39, 0.29) is 4.90 Å². The van der Waals surface area contributed by atoms with Gasteiger partial charge in [-0.25, -0.2) is 13.1 Å². The van der Waals surface area contributed by atoms with Crippen molar-refractivity contribution in [2.45, 2.75) is 11.3 Å². The molecule has 124 valence electrons. The normalized spacial score (nSPS) is 11.3. The number of sulfonamides is 1. The van der Waals surface area contributed by atoms with E-state index in [2.05, 4.69) is 27.3 Å². The first-order valence-electron chi connectivity index (χ1n) is 6.92. The third-order valence-corrected chi connectivity index (χ3v) is 5.47. The molecule has 0 spiro atoms. The second-order valence-corrected chi connectivity index (χ2v) is 7.80. The quantitative estimate of drug-likeness (QED) is 0.664. The number of nitrogens with one attached hydrogen (secondary N) is 1. The van der Waals surface area contributed by atoms with Crippen LogP contribution in [0.15, 0.2) is 47.4 Å². The van der Waals surface area contributed by atoms with Crippen LogP contribution in [0.5, 0.6) is 11.5 Å². The Kier molecular flexibility index (Phi) is 6.25. The molecular weight excluding hydrogens is 429 g/mol. The molecule has 23 heavy (non-hydrogen) atoms. The van der Waals surface area contributed by atoms with Crippen LogP contribution in [0, 0.1) is 3.57 Å². The fourth-order valence-corrected chi connectivity index (χ4v) is 3.45. The summed E-state index contributed by atoms with van der Waals surface area (Å²) in [4.78, 5) is 0.269. The zero-order chi connectivity index (χ0) is 16.9. The van der Waals surface area contributed by atoms with Gasteiger partial charge >= 0.3 is 0 Å². The molecule has 2 rings (SSSR count). The maximum absolute atomic E-state index is 12.2. The van der Waals surface area contributed by atoms with Crippen LogP contribution in [-0.4, -0.2) is 29.2 Å². The molecule has 0 aromatic heterocycles. The van der Waals surface area contributed by atoms with Crippen molar-refractivity contribution < 1.29 is 17.9 Å². The van der Waals surface area contributed by atoms with Gasteiger partial charge in [-0.1, -0.05) is 6.07 Å². The average molecular weight is 447 g/mol. The second-order valence-electron chi connectivity index (χ2n) is 4.79. The SMILES string of the molecule is COc1ccc(CCNS(=O)(=O)c2ccc(I)cc2)cc1OC. The van der Waals surface area contributed by atoms with E-state index in [1.165, 1.54) is 0 Å². The van der Waals surface area contributed by atoms with Crippen molar-refractivity contribution in [3.8, 4) is 11.5 Å². The Bertz CT molecular complexity index is 760. The highest BCUT2D eigenvalue weighted by molar-refractivity contribution is 14.1. The van der Waals surface area contributed by atoms with Crippen LogP contribution in [-0.2, 0) is 16.4 Å². The van der Waals surface area contributed by atoms with Crippen molar-refractivity contribution >= 4 is 32.6 Å². The van der Waals surface area contributed by atoms with Gasteiger partial charge < -0.3 is 9.47 Å². The summed E-state index contributed by atoms with van der Waals surface area (Å²) >= 11 is 2.14. The van der Waals surface area contributed by atoms with Crippen LogP contribution in [0.1, 0.15) is 5.56 Å². The van der Waals surface area contributed by atoms with Gasteiger partial charge in [0.05, 0.1) is 19.1 Å². The minimum atomic E-state index is -3.48. The van der Waals surface area contributed by atoms with Gasteiger partial charge in [-0.2, -0.15) is 0 Å². The molecule has 2 aromatic rings. The Morgan fingerprint density at radius 3 is 2.26 bits per heavy atom. The minimum absolute atomic E-state index is 0.269. The van der Waals surface area contributed by atoms with Crippen molar-refractivity contribution in [1.29, 1.82) is 0 Å². The molecule has 1 N–H and O–H groups in total. The van der Waals surface area contributed by atoms with E-state index in [1.807, 2.05) is 18.2 Å². The van der Waals surface area contributed by atoms with Gasteiger partial charge in [0.1, 0.15) is 0 Å². The molecule has 0 aliphatic carbocycles. The van der Waals surface area contributed by atoms with Crippen molar-refractivity contribution in [2.75, 3.05) is 20.8 Å². The lowest BCUT2D eigenvalue weighted by Gasteiger charge is -2.10. The summed E-state index contributed by atoms with van der Waals surface area (Å²) in [6.07, 6.45) is 0.559. The van der Waals surface area contributed by atoms with Crippen LogP contribution in [0.3, 0.4) is 0 Å². The number of hydrogen-bond acceptors (Lipinski definition) is 4. The molecule has 0 saturated carbocycles. The van der Waals surface area contributed by atoms with Crippen LogP contribution >= 0.6 is 22.6 Å². The number of benzene rings is 2. The number of methoxy groups -OCH3 is 2. The Morgan fingerprint density at radius 1 is 1.00 bits per heavy atom. The first-order valence-corrected chi connectivity index (χ1v) is 9.48. The molecule has 0 amide bonds. The lowest BCUT2D eigenvalue weighted by atomic mass is 10.1. The van der Waals surface area contributed by atoms with E-state index in [0.717, 1.165) is 9.13 Å². The van der Waals surface area contributed by atoms with E-state index in [4.69, 9.17) is 9.47 Å². The summed E-state index contributed by atoms with van der Waals surface area (Å²) in [7, 11) is -0.338. The largest absolute Gasteiger partial charge is 0.493 e. The Labute approximate surface area is 150 Å². The molecule has 0 unspecified atom stereocenters. The van der Waals surface area contributed by atoms with Crippen molar-refractivity contribution in [3.05, 3.63) is 51.6 Å². The van der Waals surface area contributed by atoms with Crippen molar-refractivity contribution in [1.82, 2.24) is 4.72 Å². The molecule has 2 aromatic carbocycles. The fourth-order valence-electron chi connectivity index (χ4n) is 2.06. The first kappa shape index (κ1) is 18.0. The number of hydrogen-bond donors (Lipinski definition) is 1. The topological polar surface area (TPSA) is 64.6 Å². The van der Waals surface area contributed by atoms with Crippen molar-refractivity contribution in [2.24, 2.45) is 0 Å². The first-order chi connectivity index (χ1) is 11.0. The smallest absolute Gasteiger partial charge is 0.240 e. The number of halogens is 1. The fraction of sp³-hybridized carbons (Fsp3) is 0.250. The molecule has 0 atom stereocenters. The van der Waals surface area contributed by atoms with E-state index >= 15 is 0 Å². The predicted octanol–water partition coefficient (Wildman–Crippen LogP) is 2.83. The maximum Gasteiger partial charge on any atom is 0.240 e. The zero-order valence-electron chi connectivity index (χ0n) is 12.9. The van der Waals surface area contributed by atoms with Crippen LogP contribution in [0.25, 0.3) is 0 Å².